The number of rotatable bonds is 5. The van der Waals surface area contributed by atoms with Crippen LogP contribution in [0.4, 0.5) is 5.82 Å². The highest BCUT2D eigenvalue weighted by atomic mass is 16.1. The van der Waals surface area contributed by atoms with Crippen molar-refractivity contribution in [2.75, 3.05) is 19.3 Å². The molecule has 0 saturated heterocycles. The first kappa shape index (κ1) is 12.9. The van der Waals surface area contributed by atoms with E-state index >= 15 is 0 Å². The van der Waals surface area contributed by atoms with E-state index in [1.165, 1.54) is 12.8 Å². The molecule has 18 heavy (non-hydrogen) atoms. The minimum Gasteiger partial charge on any atom is -0.382 e. The minimum atomic E-state index is -0.158. The summed E-state index contributed by atoms with van der Waals surface area (Å²) in [6, 6.07) is 1.02. The van der Waals surface area contributed by atoms with Gasteiger partial charge in [-0.1, -0.05) is 0 Å². The third-order valence-corrected chi connectivity index (χ3v) is 3.58. The molecule has 0 aromatic carbocycles. The average Bonchev–Trinajstić information content (AvgIpc) is 3.12. The molecular weight excluding hydrogens is 230 g/mol. The zero-order valence-electron chi connectivity index (χ0n) is 11.2. The summed E-state index contributed by atoms with van der Waals surface area (Å²) in [6.45, 7) is 4.53. The maximum Gasteiger partial charge on any atom is 0.256 e. The molecule has 1 aromatic rings. The number of nitrogens with two attached hydrogens (primary N) is 1. The fraction of sp³-hybridized carbons (Fsp3) is 0.667. The van der Waals surface area contributed by atoms with Gasteiger partial charge in [-0.05, 0) is 33.7 Å². The first-order valence-corrected chi connectivity index (χ1v) is 6.31. The predicted molar refractivity (Wildman–Crippen MR) is 70.3 cm³/mol. The van der Waals surface area contributed by atoms with Gasteiger partial charge < -0.3 is 11.1 Å². The molecule has 1 heterocycles. The lowest BCUT2D eigenvalue weighted by atomic mass is 10.2. The lowest BCUT2D eigenvalue weighted by molar-refractivity contribution is 0.0940. The number of H-pyrrole nitrogens is 1. The number of hydrogen-bond donors (Lipinski definition) is 3. The van der Waals surface area contributed by atoms with Crippen molar-refractivity contribution in [3.63, 3.8) is 0 Å². The topological polar surface area (TPSA) is 87.0 Å². The van der Waals surface area contributed by atoms with E-state index in [-0.39, 0.29) is 11.7 Å². The molecule has 1 fully saturated rings. The van der Waals surface area contributed by atoms with Crippen LogP contribution in [0.3, 0.4) is 0 Å². The number of amides is 1. The number of aryl methyl sites for hydroxylation is 1. The fourth-order valence-corrected chi connectivity index (χ4v) is 2.05. The van der Waals surface area contributed by atoms with Crippen LogP contribution in [0.15, 0.2) is 0 Å². The second-order valence-corrected chi connectivity index (χ2v) is 5.06. The number of aromatic nitrogens is 2. The maximum atomic E-state index is 12.0. The smallest absolute Gasteiger partial charge is 0.256 e. The van der Waals surface area contributed by atoms with Crippen molar-refractivity contribution in [3.05, 3.63) is 11.3 Å². The molecule has 1 unspecified atom stereocenters. The van der Waals surface area contributed by atoms with Gasteiger partial charge in [-0.15, -0.1) is 0 Å². The highest BCUT2D eigenvalue weighted by Gasteiger charge is 2.29. The van der Waals surface area contributed by atoms with E-state index in [9.17, 15) is 4.79 Å². The van der Waals surface area contributed by atoms with E-state index in [1.54, 1.807) is 6.92 Å². The van der Waals surface area contributed by atoms with Gasteiger partial charge in [0, 0.05) is 24.3 Å². The average molecular weight is 251 g/mol. The number of nitrogens with one attached hydrogen (secondary N) is 2. The summed E-state index contributed by atoms with van der Waals surface area (Å²) in [7, 11) is 2.10. The van der Waals surface area contributed by atoms with Crippen LogP contribution in [-0.4, -0.2) is 46.7 Å². The second-order valence-electron chi connectivity index (χ2n) is 5.06. The van der Waals surface area contributed by atoms with Crippen molar-refractivity contribution in [1.82, 2.24) is 20.4 Å². The predicted octanol–water partition coefficient (Wildman–Crippen LogP) is 0.513. The minimum absolute atomic E-state index is 0.158. The van der Waals surface area contributed by atoms with Gasteiger partial charge in [0.15, 0.2) is 5.82 Å². The molecule has 0 radical (unpaired) electrons. The van der Waals surface area contributed by atoms with E-state index in [2.05, 4.69) is 34.4 Å². The van der Waals surface area contributed by atoms with Gasteiger partial charge in [0.25, 0.3) is 5.91 Å². The quantitative estimate of drug-likeness (QED) is 0.711. The number of nitrogen functional groups attached to an aromatic ring is 1. The summed E-state index contributed by atoms with van der Waals surface area (Å²) < 4.78 is 0. The van der Waals surface area contributed by atoms with Crippen molar-refractivity contribution in [3.8, 4) is 0 Å². The van der Waals surface area contributed by atoms with Gasteiger partial charge in [-0.2, -0.15) is 5.10 Å². The molecule has 1 atom stereocenters. The SMILES string of the molecule is Cc1[nH]nc(N)c1C(=O)NCC(C)N(C)C1CC1. The number of nitrogens with zero attached hydrogens (tertiary/aromatic N) is 2. The lowest BCUT2D eigenvalue weighted by Gasteiger charge is -2.24. The Kier molecular flexibility index (Phi) is 3.56. The molecule has 2 rings (SSSR count). The molecule has 6 heteroatoms. The highest BCUT2D eigenvalue weighted by Crippen LogP contribution is 2.26. The van der Waals surface area contributed by atoms with Crippen LogP contribution >= 0.6 is 0 Å². The Hall–Kier alpha value is -1.56. The van der Waals surface area contributed by atoms with E-state index < -0.39 is 0 Å². The molecule has 1 amide bonds. The Morgan fingerprint density at radius 3 is 2.83 bits per heavy atom. The molecule has 1 aliphatic rings. The third kappa shape index (κ3) is 2.64. The summed E-state index contributed by atoms with van der Waals surface area (Å²) >= 11 is 0. The van der Waals surface area contributed by atoms with Crippen LogP contribution in [0.1, 0.15) is 35.8 Å². The molecule has 0 bridgehead atoms. The lowest BCUT2D eigenvalue weighted by Crippen LogP contribution is -2.41. The normalized spacial score (nSPS) is 16.9. The molecule has 1 saturated carbocycles. The van der Waals surface area contributed by atoms with Crippen LogP contribution in [0.5, 0.6) is 0 Å². The van der Waals surface area contributed by atoms with Gasteiger partial charge in [-0.3, -0.25) is 14.8 Å². The van der Waals surface area contributed by atoms with E-state index in [0.717, 1.165) is 0 Å². The van der Waals surface area contributed by atoms with E-state index in [1.807, 2.05) is 0 Å². The first-order valence-electron chi connectivity index (χ1n) is 6.31. The van der Waals surface area contributed by atoms with Crippen molar-refractivity contribution in [1.29, 1.82) is 0 Å². The van der Waals surface area contributed by atoms with Crippen molar-refractivity contribution < 1.29 is 4.79 Å². The Morgan fingerprint density at radius 2 is 2.33 bits per heavy atom. The van der Waals surface area contributed by atoms with Crippen LogP contribution in [0.25, 0.3) is 0 Å². The van der Waals surface area contributed by atoms with Crippen LogP contribution < -0.4 is 11.1 Å². The Morgan fingerprint density at radius 1 is 1.67 bits per heavy atom. The largest absolute Gasteiger partial charge is 0.382 e. The molecule has 1 aliphatic carbocycles. The number of carbonyl (C=O) groups excluding carboxylic acids is 1. The summed E-state index contributed by atoms with van der Waals surface area (Å²) in [5, 5.41) is 9.44. The van der Waals surface area contributed by atoms with Gasteiger partial charge in [0.1, 0.15) is 5.56 Å². The third-order valence-electron chi connectivity index (χ3n) is 3.58. The highest BCUT2D eigenvalue weighted by molar-refractivity contribution is 5.99. The summed E-state index contributed by atoms with van der Waals surface area (Å²) in [5.74, 6) is 0.1000. The van der Waals surface area contributed by atoms with Crippen molar-refractivity contribution in [2.24, 2.45) is 0 Å². The fourth-order valence-electron chi connectivity index (χ4n) is 2.05. The monoisotopic (exact) mass is 251 g/mol. The summed E-state index contributed by atoms with van der Waals surface area (Å²) in [4.78, 5) is 14.3. The van der Waals surface area contributed by atoms with Crippen LogP contribution in [0, 0.1) is 6.92 Å². The van der Waals surface area contributed by atoms with E-state index in [4.69, 9.17) is 5.73 Å². The van der Waals surface area contributed by atoms with Gasteiger partial charge in [0.2, 0.25) is 0 Å². The zero-order chi connectivity index (χ0) is 13.3. The van der Waals surface area contributed by atoms with Crippen LogP contribution in [-0.2, 0) is 0 Å². The molecule has 4 N–H and O–H groups in total. The Bertz CT molecular complexity index is 418. The van der Waals surface area contributed by atoms with Gasteiger partial charge in [0.05, 0.1) is 0 Å². The first-order chi connectivity index (χ1) is 8.50. The number of hydrogen-bond acceptors (Lipinski definition) is 4. The number of likely N-dealkylation sites (N-methyl/N-ethyl adjacent to an activating group) is 1. The van der Waals surface area contributed by atoms with Crippen LogP contribution in [0.2, 0.25) is 0 Å². The summed E-state index contributed by atoms with van der Waals surface area (Å²) in [5.41, 5.74) is 6.81. The number of anilines is 1. The molecule has 0 aliphatic heterocycles. The molecular formula is C12H21N5O. The molecule has 100 valence electrons. The standard InChI is InChI=1S/C12H21N5O/c1-7(17(3)9-4-5-9)6-14-12(18)10-8(2)15-16-11(10)13/h7,9H,4-6H2,1-3H3,(H,14,18)(H3,13,15,16). The summed E-state index contributed by atoms with van der Waals surface area (Å²) in [6.07, 6.45) is 2.53. The molecule has 1 aromatic heterocycles. The van der Waals surface area contributed by atoms with Gasteiger partial charge in [-0.25, -0.2) is 0 Å². The number of carbonyl (C=O) groups is 1. The van der Waals surface area contributed by atoms with Crippen molar-refractivity contribution in [2.45, 2.75) is 38.8 Å². The van der Waals surface area contributed by atoms with E-state index in [0.29, 0.717) is 29.9 Å². The maximum absolute atomic E-state index is 12.0. The van der Waals surface area contributed by atoms with Crippen molar-refractivity contribution >= 4 is 11.7 Å². The Balaban J connectivity index is 1.88. The zero-order valence-corrected chi connectivity index (χ0v) is 11.2. The number of aromatic amines is 1. The van der Waals surface area contributed by atoms with Gasteiger partial charge >= 0.3 is 0 Å². The molecule has 6 nitrogen and oxygen atoms in total. The Labute approximate surface area is 107 Å². The molecule has 0 spiro atoms. The second kappa shape index (κ2) is 4.97.